The minimum absolute atomic E-state index is 0.0437. The van der Waals surface area contributed by atoms with Crippen LogP contribution < -0.4 is 9.47 Å². The Balaban J connectivity index is 2.24. The van der Waals surface area contributed by atoms with Crippen molar-refractivity contribution < 1.29 is 28.9 Å². The van der Waals surface area contributed by atoms with E-state index < -0.39 is 17.7 Å². The molecule has 1 N–H and O–H groups in total. The second-order valence-electron chi connectivity index (χ2n) is 8.05. The Hall–Kier alpha value is -3.03. The summed E-state index contributed by atoms with van der Waals surface area (Å²) in [5.41, 5.74) is 1.59. The van der Waals surface area contributed by atoms with Crippen molar-refractivity contribution in [1.82, 2.24) is 4.90 Å². The average molecular weight is 474 g/mol. The number of methoxy groups -OCH3 is 2. The van der Waals surface area contributed by atoms with Gasteiger partial charge in [-0.15, -0.1) is 0 Å². The second-order valence-corrected chi connectivity index (χ2v) is 8.46. The smallest absolute Gasteiger partial charge is 0.295 e. The third-order valence-corrected chi connectivity index (χ3v) is 5.55. The first kappa shape index (κ1) is 24.6. The number of halogens is 1. The van der Waals surface area contributed by atoms with Crippen LogP contribution in [-0.2, 0) is 14.3 Å². The number of nitrogens with zero attached hydrogens (tertiary/aromatic N) is 1. The van der Waals surface area contributed by atoms with Crippen LogP contribution in [0.25, 0.3) is 5.76 Å². The standard InChI is InChI=1S/C25H28ClNO6/c1-14(2)33-17-8-6-7-16(13-17)21-20(23(29)25(30)27(21)9-10-31-4)22(28)18-11-15(3)12-19(26)24(18)32-5/h6-8,11-14,21,28H,9-10H2,1-5H3/b22-20+. The first-order chi connectivity index (χ1) is 15.7. The molecule has 8 heteroatoms. The van der Waals surface area contributed by atoms with E-state index in [-0.39, 0.29) is 46.9 Å². The highest BCUT2D eigenvalue weighted by Crippen LogP contribution is 2.43. The zero-order valence-electron chi connectivity index (χ0n) is 19.3. The molecular formula is C25H28ClNO6. The Morgan fingerprint density at radius 3 is 2.55 bits per heavy atom. The van der Waals surface area contributed by atoms with Gasteiger partial charge in [-0.25, -0.2) is 0 Å². The van der Waals surface area contributed by atoms with Crippen LogP contribution in [0.2, 0.25) is 5.02 Å². The first-order valence-electron chi connectivity index (χ1n) is 10.6. The monoisotopic (exact) mass is 473 g/mol. The van der Waals surface area contributed by atoms with Gasteiger partial charge in [0.1, 0.15) is 17.3 Å². The minimum atomic E-state index is -0.833. The quantitative estimate of drug-likeness (QED) is 0.345. The van der Waals surface area contributed by atoms with Crippen LogP contribution in [0.4, 0.5) is 0 Å². The van der Waals surface area contributed by atoms with Crippen LogP contribution in [0.1, 0.15) is 36.6 Å². The highest BCUT2D eigenvalue weighted by Gasteiger charge is 2.46. The molecule has 1 atom stereocenters. The molecule has 3 rings (SSSR count). The van der Waals surface area contributed by atoms with Crippen molar-refractivity contribution in [2.75, 3.05) is 27.4 Å². The summed E-state index contributed by atoms with van der Waals surface area (Å²) in [6.45, 7) is 6.02. The Kier molecular flexibility index (Phi) is 7.66. The van der Waals surface area contributed by atoms with Crippen LogP contribution in [-0.4, -0.2) is 55.2 Å². The van der Waals surface area contributed by atoms with Crippen LogP contribution in [0.3, 0.4) is 0 Å². The fraction of sp³-hybridized carbons (Fsp3) is 0.360. The Morgan fingerprint density at radius 2 is 1.91 bits per heavy atom. The largest absolute Gasteiger partial charge is 0.507 e. The molecule has 0 saturated carbocycles. The molecule has 1 amide bonds. The summed E-state index contributed by atoms with van der Waals surface area (Å²) in [5.74, 6) is -1.04. The molecule has 1 heterocycles. The van der Waals surface area contributed by atoms with Gasteiger partial charge < -0.3 is 24.2 Å². The molecule has 33 heavy (non-hydrogen) atoms. The van der Waals surface area contributed by atoms with Crippen molar-refractivity contribution in [3.8, 4) is 11.5 Å². The molecule has 176 valence electrons. The lowest BCUT2D eigenvalue weighted by Crippen LogP contribution is -2.32. The van der Waals surface area contributed by atoms with E-state index in [1.165, 1.54) is 19.1 Å². The van der Waals surface area contributed by atoms with Crippen molar-refractivity contribution in [2.24, 2.45) is 0 Å². The number of hydrogen-bond donors (Lipinski definition) is 1. The van der Waals surface area contributed by atoms with Gasteiger partial charge in [-0.1, -0.05) is 23.7 Å². The Morgan fingerprint density at radius 1 is 1.18 bits per heavy atom. The number of hydrogen-bond acceptors (Lipinski definition) is 6. The van der Waals surface area contributed by atoms with Gasteiger partial charge in [0.05, 0.1) is 42.0 Å². The zero-order valence-corrected chi connectivity index (χ0v) is 20.1. The second kappa shape index (κ2) is 10.3. The third kappa shape index (κ3) is 4.99. The van der Waals surface area contributed by atoms with Gasteiger partial charge in [0.2, 0.25) is 0 Å². The predicted molar refractivity (Wildman–Crippen MR) is 126 cm³/mol. The predicted octanol–water partition coefficient (Wildman–Crippen LogP) is 4.51. The van der Waals surface area contributed by atoms with E-state index in [0.717, 1.165) is 5.56 Å². The van der Waals surface area contributed by atoms with Crippen LogP contribution in [0.5, 0.6) is 11.5 Å². The maximum absolute atomic E-state index is 13.2. The third-order valence-electron chi connectivity index (χ3n) is 5.27. The Bertz CT molecular complexity index is 1090. The van der Waals surface area contributed by atoms with Crippen LogP contribution >= 0.6 is 11.6 Å². The van der Waals surface area contributed by atoms with Crippen molar-refractivity contribution in [2.45, 2.75) is 32.9 Å². The van der Waals surface area contributed by atoms with Gasteiger partial charge in [-0.3, -0.25) is 9.59 Å². The van der Waals surface area contributed by atoms with Crippen molar-refractivity contribution in [3.63, 3.8) is 0 Å². The SMILES string of the molecule is COCCN1C(=O)C(=O)/C(=C(/O)c2cc(C)cc(Cl)c2OC)C1c1cccc(OC(C)C)c1. The molecule has 0 aliphatic carbocycles. The number of likely N-dealkylation sites (tertiary alicyclic amines) is 1. The van der Waals surface area contributed by atoms with E-state index in [9.17, 15) is 14.7 Å². The van der Waals surface area contributed by atoms with Gasteiger partial charge in [0.15, 0.2) is 0 Å². The minimum Gasteiger partial charge on any atom is -0.507 e. The van der Waals surface area contributed by atoms with E-state index in [1.807, 2.05) is 20.8 Å². The van der Waals surface area contributed by atoms with E-state index >= 15 is 0 Å². The number of ketones is 1. The van der Waals surface area contributed by atoms with Gasteiger partial charge >= 0.3 is 0 Å². The summed E-state index contributed by atoms with van der Waals surface area (Å²) >= 11 is 6.32. The fourth-order valence-corrected chi connectivity index (χ4v) is 4.29. The molecule has 0 radical (unpaired) electrons. The zero-order chi connectivity index (χ0) is 24.3. The molecule has 0 spiro atoms. The van der Waals surface area contributed by atoms with Crippen LogP contribution in [0.15, 0.2) is 42.0 Å². The van der Waals surface area contributed by atoms with Crippen LogP contribution in [0, 0.1) is 6.92 Å². The summed E-state index contributed by atoms with van der Waals surface area (Å²) in [7, 11) is 2.94. The summed E-state index contributed by atoms with van der Waals surface area (Å²) in [6.07, 6.45) is -0.0567. The molecule has 1 fully saturated rings. The number of aliphatic hydroxyl groups is 1. The maximum atomic E-state index is 13.2. The normalized spacial score (nSPS) is 17.7. The number of aryl methyl sites for hydroxylation is 1. The van der Waals surface area contributed by atoms with Crippen molar-refractivity contribution in [1.29, 1.82) is 0 Å². The van der Waals surface area contributed by atoms with Gasteiger partial charge in [-0.05, 0) is 56.2 Å². The lowest BCUT2D eigenvalue weighted by molar-refractivity contribution is -0.140. The fourth-order valence-electron chi connectivity index (χ4n) is 3.93. The average Bonchev–Trinajstić information content (AvgIpc) is 3.01. The first-order valence-corrected chi connectivity index (χ1v) is 11.0. The van der Waals surface area contributed by atoms with Gasteiger partial charge in [0, 0.05) is 13.7 Å². The highest BCUT2D eigenvalue weighted by molar-refractivity contribution is 6.46. The lowest BCUT2D eigenvalue weighted by atomic mass is 9.94. The Labute approximate surface area is 198 Å². The molecule has 1 aliphatic heterocycles. The van der Waals surface area contributed by atoms with Gasteiger partial charge in [0.25, 0.3) is 11.7 Å². The number of carbonyl (C=O) groups is 2. The number of rotatable bonds is 8. The molecule has 7 nitrogen and oxygen atoms in total. The van der Waals surface area contributed by atoms with E-state index in [4.69, 9.17) is 25.8 Å². The molecule has 2 aromatic carbocycles. The summed E-state index contributed by atoms with van der Waals surface area (Å²) in [5, 5.41) is 11.6. The van der Waals surface area contributed by atoms with E-state index in [2.05, 4.69) is 0 Å². The molecule has 0 aromatic heterocycles. The molecule has 2 aromatic rings. The maximum Gasteiger partial charge on any atom is 0.295 e. The summed E-state index contributed by atoms with van der Waals surface area (Å²) in [6, 6.07) is 9.67. The topological polar surface area (TPSA) is 85.3 Å². The number of benzene rings is 2. The molecular weight excluding hydrogens is 446 g/mol. The van der Waals surface area contributed by atoms with Gasteiger partial charge in [-0.2, -0.15) is 0 Å². The molecule has 1 saturated heterocycles. The number of ether oxygens (including phenoxy) is 3. The number of carbonyl (C=O) groups excluding carboxylic acids is 2. The highest BCUT2D eigenvalue weighted by atomic mass is 35.5. The summed E-state index contributed by atoms with van der Waals surface area (Å²) < 4.78 is 16.3. The van der Waals surface area contributed by atoms with E-state index in [0.29, 0.717) is 11.3 Å². The lowest BCUT2D eigenvalue weighted by Gasteiger charge is -2.25. The molecule has 1 unspecified atom stereocenters. The number of aliphatic hydroxyl groups excluding tert-OH is 1. The molecule has 1 aliphatic rings. The molecule has 0 bridgehead atoms. The van der Waals surface area contributed by atoms with E-state index in [1.54, 1.807) is 36.4 Å². The number of Topliss-reactive ketones (excluding diaryl/α,β-unsaturated/α-hetero) is 1. The summed E-state index contributed by atoms with van der Waals surface area (Å²) in [4.78, 5) is 27.5. The number of amides is 1. The van der Waals surface area contributed by atoms with Crippen molar-refractivity contribution >= 4 is 29.1 Å². The van der Waals surface area contributed by atoms with Crippen molar-refractivity contribution in [3.05, 3.63) is 63.7 Å².